The third-order valence-corrected chi connectivity index (χ3v) is 3.89. The van der Waals surface area contributed by atoms with Crippen LogP contribution in [0.1, 0.15) is 30.6 Å². The van der Waals surface area contributed by atoms with Crippen LogP contribution < -0.4 is 5.32 Å². The van der Waals surface area contributed by atoms with Crippen molar-refractivity contribution >= 4 is 49.4 Å². The van der Waals surface area contributed by atoms with Gasteiger partial charge in [0, 0.05) is 15.8 Å². The largest absolute Gasteiger partial charge is 0.351 e. The molecule has 0 saturated carbocycles. The van der Waals surface area contributed by atoms with E-state index in [0.717, 1.165) is 10.9 Å². The Morgan fingerprint density at radius 2 is 2.11 bits per heavy atom. The van der Waals surface area contributed by atoms with E-state index in [1.54, 1.807) is 18.2 Å². The van der Waals surface area contributed by atoms with Crippen molar-refractivity contribution in [2.24, 2.45) is 5.92 Å². The molecule has 0 saturated heterocycles. The lowest BCUT2D eigenvalue weighted by Crippen LogP contribution is -2.30. The second-order valence-corrected chi connectivity index (χ2v) is 7.18. The molecule has 0 fully saturated rings. The first kappa shape index (κ1) is 16.0. The van der Waals surface area contributed by atoms with E-state index in [1.165, 1.54) is 0 Å². The number of alkyl halides is 1. The molecule has 100 valence electrons. The van der Waals surface area contributed by atoms with Crippen LogP contribution in [0, 0.1) is 5.92 Å². The van der Waals surface area contributed by atoms with Crippen molar-refractivity contribution < 1.29 is 4.79 Å². The highest BCUT2D eigenvalue weighted by Gasteiger charge is 2.13. The molecule has 0 aliphatic heterocycles. The average Bonchev–Trinajstić information content (AvgIpc) is 2.25. The molecule has 0 aliphatic carbocycles. The highest BCUT2D eigenvalue weighted by Crippen LogP contribution is 2.21. The van der Waals surface area contributed by atoms with Gasteiger partial charge in [-0.15, -0.1) is 0 Å². The molecule has 1 N–H and O–H groups in total. The number of hydrogen-bond acceptors (Lipinski definition) is 1. The Balaban J connectivity index is 2.55. The predicted octanol–water partition coefficient (Wildman–Crippen LogP) is 4.64. The Hall–Kier alpha value is -0.0600. The number of rotatable bonds is 5. The van der Waals surface area contributed by atoms with Crippen molar-refractivity contribution in [3.05, 3.63) is 33.3 Å². The Kier molecular flexibility index (Phi) is 6.67. The summed E-state index contributed by atoms with van der Waals surface area (Å²) in [5, 5.41) is 3.33. The first-order valence-corrected chi connectivity index (χ1v) is 7.86. The molecule has 18 heavy (non-hydrogen) atoms. The molecule has 1 atom stereocenters. The second-order valence-electron chi connectivity index (χ2n) is 4.56. The lowest BCUT2D eigenvalue weighted by molar-refractivity contribution is 0.0953. The van der Waals surface area contributed by atoms with Gasteiger partial charge < -0.3 is 5.32 Å². The summed E-state index contributed by atoms with van der Waals surface area (Å²) in [4.78, 5) is 12.2. The minimum absolute atomic E-state index is 0.138. The number of benzene rings is 1. The topological polar surface area (TPSA) is 29.1 Å². The number of carbonyl (C=O) groups is 1. The molecule has 0 aliphatic rings. The molecule has 0 aromatic heterocycles. The maximum Gasteiger partial charge on any atom is 0.252 e. The zero-order chi connectivity index (χ0) is 13.7. The molecule has 0 spiro atoms. The van der Waals surface area contributed by atoms with Crippen molar-refractivity contribution in [3.63, 3.8) is 0 Å². The van der Waals surface area contributed by atoms with Crippen molar-refractivity contribution in [3.8, 4) is 0 Å². The van der Waals surface area contributed by atoms with E-state index >= 15 is 0 Å². The average molecular weight is 398 g/mol. The number of halogens is 3. The van der Waals surface area contributed by atoms with E-state index in [0.29, 0.717) is 23.0 Å². The summed E-state index contributed by atoms with van der Waals surface area (Å²) >= 11 is 12.9. The van der Waals surface area contributed by atoms with Gasteiger partial charge in [0.2, 0.25) is 0 Å². The number of carbonyl (C=O) groups excluding carboxylic acids is 1. The summed E-state index contributed by atoms with van der Waals surface area (Å²) in [6.07, 6.45) is 1.02. The van der Waals surface area contributed by atoms with Crippen LogP contribution in [-0.2, 0) is 0 Å². The highest BCUT2D eigenvalue weighted by atomic mass is 79.9. The summed E-state index contributed by atoms with van der Waals surface area (Å²) in [5.41, 5.74) is 0.504. The van der Waals surface area contributed by atoms with Gasteiger partial charge in [0.25, 0.3) is 5.91 Å². The van der Waals surface area contributed by atoms with Gasteiger partial charge in [0.15, 0.2) is 0 Å². The minimum atomic E-state index is -0.138. The van der Waals surface area contributed by atoms with Crippen LogP contribution in [0.25, 0.3) is 0 Å². The van der Waals surface area contributed by atoms with E-state index in [2.05, 4.69) is 51.0 Å². The standard InChI is InChI=1S/C13H16Br2ClNO/c1-8(2)5-10(15)7-17-13(18)11-4-3-9(14)6-12(11)16/h3-4,6,8,10H,5,7H2,1-2H3,(H,17,18). The van der Waals surface area contributed by atoms with Gasteiger partial charge >= 0.3 is 0 Å². The quantitative estimate of drug-likeness (QED) is 0.721. The maximum atomic E-state index is 11.9. The third kappa shape index (κ3) is 5.29. The monoisotopic (exact) mass is 395 g/mol. The molecule has 1 rings (SSSR count). The van der Waals surface area contributed by atoms with Crippen LogP contribution in [0.3, 0.4) is 0 Å². The molecule has 1 aromatic carbocycles. The predicted molar refractivity (Wildman–Crippen MR) is 83.7 cm³/mol. The molecule has 5 heteroatoms. The van der Waals surface area contributed by atoms with Gasteiger partial charge in [0.1, 0.15) is 0 Å². The zero-order valence-electron chi connectivity index (χ0n) is 10.3. The van der Waals surface area contributed by atoms with Crippen LogP contribution in [0.5, 0.6) is 0 Å². The fourth-order valence-corrected chi connectivity index (χ4v) is 3.24. The first-order chi connectivity index (χ1) is 8.40. The summed E-state index contributed by atoms with van der Waals surface area (Å²) in [6, 6.07) is 5.24. The molecule has 1 unspecified atom stereocenters. The van der Waals surface area contributed by atoms with Crippen LogP contribution in [0.15, 0.2) is 22.7 Å². The summed E-state index contributed by atoms with van der Waals surface area (Å²) in [7, 11) is 0. The van der Waals surface area contributed by atoms with Gasteiger partial charge in [-0.25, -0.2) is 0 Å². The Morgan fingerprint density at radius 3 is 2.67 bits per heavy atom. The minimum Gasteiger partial charge on any atom is -0.351 e. The fourth-order valence-electron chi connectivity index (χ4n) is 1.57. The highest BCUT2D eigenvalue weighted by molar-refractivity contribution is 9.10. The Morgan fingerprint density at radius 1 is 1.44 bits per heavy atom. The smallest absolute Gasteiger partial charge is 0.252 e. The van der Waals surface area contributed by atoms with E-state index < -0.39 is 0 Å². The lowest BCUT2D eigenvalue weighted by atomic mass is 10.1. The van der Waals surface area contributed by atoms with Crippen LogP contribution in [-0.4, -0.2) is 17.3 Å². The van der Waals surface area contributed by atoms with Crippen molar-refractivity contribution in [1.29, 1.82) is 0 Å². The lowest BCUT2D eigenvalue weighted by Gasteiger charge is -2.13. The van der Waals surface area contributed by atoms with Gasteiger partial charge in [-0.05, 0) is 30.5 Å². The van der Waals surface area contributed by atoms with E-state index in [9.17, 15) is 4.79 Å². The van der Waals surface area contributed by atoms with Crippen molar-refractivity contribution in [1.82, 2.24) is 5.32 Å². The second kappa shape index (κ2) is 7.51. The summed E-state index contributed by atoms with van der Waals surface area (Å²) in [5.74, 6) is 0.461. The molecule has 0 heterocycles. The van der Waals surface area contributed by atoms with E-state index in [-0.39, 0.29) is 10.7 Å². The number of nitrogens with one attached hydrogen (secondary N) is 1. The normalized spacial score (nSPS) is 12.6. The van der Waals surface area contributed by atoms with Crippen LogP contribution in [0.4, 0.5) is 0 Å². The molecular weight excluding hydrogens is 381 g/mol. The molecule has 1 amide bonds. The first-order valence-electron chi connectivity index (χ1n) is 5.77. The molecular formula is C13H16Br2ClNO. The molecule has 0 radical (unpaired) electrons. The van der Waals surface area contributed by atoms with E-state index in [4.69, 9.17) is 11.6 Å². The van der Waals surface area contributed by atoms with Gasteiger partial charge in [0.05, 0.1) is 10.6 Å². The Bertz CT molecular complexity index is 423. The van der Waals surface area contributed by atoms with Crippen molar-refractivity contribution in [2.45, 2.75) is 25.1 Å². The van der Waals surface area contributed by atoms with Crippen molar-refractivity contribution in [2.75, 3.05) is 6.54 Å². The zero-order valence-corrected chi connectivity index (χ0v) is 14.3. The summed E-state index contributed by atoms with van der Waals surface area (Å²) < 4.78 is 0.863. The summed E-state index contributed by atoms with van der Waals surface area (Å²) in [6.45, 7) is 4.91. The number of amides is 1. The molecule has 1 aromatic rings. The molecule has 2 nitrogen and oxygen atoms in total. The Labute approximate surface area is 130 Å². The number of hydrogen-bond donors (Lipinski definition) is 1. The van der Waals surface area contributed by atoms with Crippen LogP contribution >= 0.6 is 43.5 Å². The van der Waals surface area contributed by atoms with Gasteiger partial charge in [-0.2, -0.15) is 0 Å². The fraction of sp³-hybridized carbons (Fsp3) is 0.462. The third-order valence-electron chi connectivity index (χ3n) is 2.39. The van der Waals surface area contributed by atoms with E-state index in [1.807, 2.05) is 0 Å². The van der Waals surface area contributed by atoms with Crippen LogP contribution in [0.2, 0.25) is 5.02 Å². The molecule has 0 bridgehead atoms. The SMILES string of the molecule is CC(C)CC(Br)CNC(=O)c1ccc(Br)cc1Cl. The van der Waals surface area contributed by atoms with Gasteiger partial charge in [-0.3, -0.25) is 4.79 Å². The maximum absolute atomic E-state index is 11.9. The van der Waals surface area contributed by atoms with Gasteiger partial charge in [-0.1, -0.05) is 57.3 Å².